The maximum atomic E-state index is 12.2. The van der Waals surface area contributed by atoms with Crippen LogP contribution in [0.3, 0.4) is 0 Å². The number of pyridine rings is 1. The SMILES string of the molecule is O=C(/C=C/c1ccco1)Nc1scc(-c2ccc(Cl)cc2)c1C(=O)O.O=C(CCc1cccs1)Nc1scc(-c2ccc(Br)cc2)c1C(=O)O.O=C(CCc1cccs1)Nc1scc(-c2ccc(Cl)cc2)c1C(=O)O.O=C(COc1cccnc1)Nc1scc(-c2ccc(Cl)cc2)c1C(=O)O.O=Cc1sccc1OCC(=O)Nc1scc(-c2ccc(Cl)cc2)c1C(=O)O. The Hall–Kier alpha value is -12.5. The Balaban J connectivity index is 0.000000155. The molecule has 652 valence electrons. The summed E-state index contributed by atoms with van der Waals surface area (Å²) in [5.74, 6) is -6.01. The van der Waals surface area contributed by atoms with E-state index in [2.05, 4.69) is 47.5 Å². The molecule has 0 saturated carbocycles. The number of anilines is 5. The van der Waals surface area contributed by atoms with E-state index in [1.165, 1.54) is 58.6 Å². The lowest BCUT2D eigenvalue weighted by Gasteiger charge is -2.07. The van der Waals surface area contributed by atoms with Gasteiger partial charge in [-0.15, -0.1) is 90.7 Å². The molecule has 0 unspecified atom stereocenters. The van der Waals surface area contributed by atoms with E-state index in [0.29, 0.717) is 129 Å². The molecule has 0 aliphatic carbocycles. The van der Waals surface area contributed by atoms with Crippen LogP contribution in [-0.4, -0.2) is 109 Å². The normalized spacial score (nSPS) is 10.6. The minimum Gasteiger partial charge on any atom is -0.482 e. The molecule has 0 aliphatic heterocycles. The number of furan rings is 1. The Bertz CT molecular complexity index is 6270. The summed E-state index contributed by atoms with van der Waals surface area (Å²) in [6.45, 7) is -0.594. The van der Waals surface area contributed by atoms with Gasteiger partial charge in [0, 0.05) is 114 Å². The third-order valence-corrected chi connectivity index (χ3v) is 26.2. The first kappa shape index (κ1) is 96.1. The molecule has 38 heteroatoms. The van der Waals surface area contributed by atoms with Crippen molar-refractivity contribution in [2.45, 2.75) is 25.7 Å². The molecule has 5 aromatic carbocycles. The molecule has 10 heterocycles. The van der Waals surface area contributed by atoms with Crippen molar-refractivity contribution in [3.63, 3.8) is 0 Å². The predicted molar refractivity (Wildman–Crippen MR) is 512 cm³/mol. The zero-order chi connectivity index (χ0) is 91.3. The van der Waals surface area contributed by atoms with Gasteiger partial charge in [-0.05, 0) is 166 Å². The van der Waals surface area contributed by atoms with E-state index in [9.17, 15) is 78.3 Å². The van der Waals surface area contributed by atoms with Crippen molar-refractivity contribution >= 4 is 250 Å². The van der Waals surface area contributed by atoms with Crippen LogP contribution in [0.2, 0.25) is 20.1 Å². The molecule has 0 saturated heterocycles. The van der Waals surface area contributed by atoms with Crippen molar-refractivity contribution in [3.05, 3.63) is 316 Å². The van der Waals surface area contributed by atoms with Gasteiger partial charge in [-0.25, -0.2) is 24.0 Å². The Morgan fingerprint density at radius 2 is 0.758 bits per heavy atom. The number of benzene rings is 5. The van der Waals surface area contributed by atoms with Crippen molar-refractivity contribution in [1.82, 2.24) is 4.98 Å². The molecule has 10 aromatic heterocycles. The van der Waals surface area contributed by atoms with Crippen LogP contribution in [-0.2, 0) is 36.8 Å². The number of aryl methyl sites for hydroxylation is 2. The molecule has 25 nitrogen and oxygen atoms in total. The van der Waals surface area contributed by atoms with Crippen molar-refractivity contribution < 1.29 is 92.2 Å². The fourth-order valence-corrected chi connectivity index (χ4v) is 19.2. The number of thiophene rings is 8. The standard InChI is InChI=1S/C18H14BrNO3S2.C18H13ClN2O4S.C18H12ClNO5S2.C18H12ClNO4S.C18H14ClNO3S2/c19-12-5-3-11(4-6-12)14-10-25-17(16(14)18(22)23)20-15(21)8-7-13-2-1-9-24-13;19-12-5-3-11(4-6-12)14-10-26-17(16(14)18(23)24)21-15(22)9-25-13-2-1-7-20-8-13;19-11-3-1-10(2-4-11)12-9-27-17(16(12)18(23)24)20-15(22)8-25-13-5-6-26-14(13)7-21;2*19-12-5-3-11(4-6-12)14-10-25-17(16(14)18(22)23)20-15(21)8-7-13-2-1-9-24-13/h1-6,9-10H,7-8H2,(H,20,21)(H,22,23);1-8,10H,9H2,(H,21,22)(H,23,24);1-7,9H,8H2,(H,20,22)(H,23,24);1-10H,(H,20,21)(H,22,23);1-6,9-10H,7-8H2,(H,20,21)(H,22,23)/b;;;8-7+;. The molecule has 0 fully saturated rings. The predicted octanol–water partition coefficient (Wildman–Crippen LogP) is 24.8. The number of aromatic carboxylic acids is 5. The Labute approximate surface area is 788 Å². The Morgan fingerprint density at radius 3 is 1.09 bits per heavy atom. The lowest BCUT2D eigenvalue weighted by atomic mass is 10.0. The summed E-state index contributed by atoms with van der Waals surface area (Å²) in [4.78, 5) is 136. The van der Waals surface area contributed by atoms with Crippen LogP contribution >= 0.6 is 153 Å². The van der Waals surface area contributed by atoms with Crippen molar-refractivity contribution in [1.29, 1.82) is 0 Å². The number of carbonyl (C=O) groups excluding carboxylic acids is 6. The minimum absolute atomic E-state index is 0.000198. The van der Waals surface area contributed by atoms with Gasteiger partial charge in [0.25, 0.3) is 11.8 Å². The van der Waals surface area contributed by atoms with Crippen LogP contribution < -0.4 is 36.1 Å². The maximum absolute atomic E-state index is 12.2. The molecule has 5 amide bonds. The number of ether oxygens (including phenoxy) is 2. The van der Waals surface area contributed by atoms with Crippen LogP contribution in [0.5, 0.6) is 11.5 Å². The summed E-state index contributed by atoms with van der Waals surface area (Å²) in [6.07, 6.45) is 9.94. The van der Waals surface area contributed by atoms with Gasteiger partial charge in [0.05, 0.1) is 12.5 Å². The summed E-state index contributed by atoms with van der Waals surface area (Å²) in [7, 11) is 0. The summed E-state index contributed by atoms with van der Waals surface area (Å²) in [6, 6.07) is 51.0. The molecular formula is C90H65BrCl4N6O19S8. The van der Waals surface area contributed by atoms with Crippen LogP contribution in [0.15, 0.2) is 253 Å². The second kappa shape index (κ2) is 47.3. The van der Waals surface area contributed by atoms with Gasteiger partial charge in [-0.2, -0.15) is 0 Å². The fraction of sp³-hybridized carbons (Fsp3) is 0.0667. The molecule has 128 heavy (non-hydrogen) atoms. The molecule has 0 aliphatic rings. The lowest BCUT2D eigenvalue weighted by Crippen LogP contribution is -2.21. The number of carboxylic acids is 5. The second-order valence-electron chi connectivity index (χ2n) is 26.1. The number of amides is 5. The maximum Gasteiger partial charge on any atom is 0.339 e. The number of hydrogen-bond donors (Lipinski definition) is 10. The summed E-state index contributed by atoms with van der Waals surface area (Å²) < 4.78 is 16.6. The van der Waals surface area contributed by atoms with Crippen molar-refractivity contribution in [2.75, 3.05) is 39.8 Å². The van der Waals surface area contributed by atoms with Gasteiger partial charge in [-0.1, -0.05) is 135 Å². The molecule has 0 spiro atoms. The third-order valence-electron chi connectivity index (χ3n) is 17.5. The number of aromatic nitrogens is 1. The molecule has 10 N–H and O–H groups in total. The number of nitrogens with zero attached hydrogens (tertiary/aromatic N) is 1. The van der Waals surface area contributed by atoms with Crippen LogP contribution in [0.4, 0.5) is 25.0 Å². The highest BCUT2D eigenvalue weighted by Gasteiger charge is 2.27. The molecule has 0 radical (unpaired) electrons. The number of aldehydes is 1. The number of carboxylic acid groups (broad SMARTS) is 5. The first-order chi connectivity index (χ1) is 61.7. The van der Waals surface area contributed by atoms with Crippen molar-refractivity contribution in [2.24, 2.45) is 0 Å². The molecule has 0 atom stereocenters. The number of halogens is 5. The Morgan fingerprint density at radius 1 is 0.398 bits per heavy atom. The summed E-state index contributed by atoms with van der Waals surface area (Å²) in [5, 5.41) is 78.9. The lowest BCUT2D eigenvalue weighted by molar-refractivity contribution is -0.118. The number of nitrogens with one attached hydrogen (secondary N) is 5. The largest absolute Gasteiger partial charge is 0.482 e. The highest BCUT2D eigenvalue weighted by atomic mass is 79.9. The van der Waals surface area contributed by atoms with Gasteiger partial charge < -0.3 is 66.0 Å². The van der Waals surface area contributed by atoms with Gasteiger partial charge in [0.2, 0.25) is 17.7 Å². The van der Waals surface area contributed by atoms with Gasteiger partial charge >= 0.3 is 29.8 Å². The Kier molecular flexibility index (Phi) is 35.5. The van der Waals surface area contributed by atoms with E-state index >= 15 is 0 Å². The van der Waals surface area contributed by atoms with E-state index in [4.69, 9.17) is 60.3 Å². The first-order valence-corrected chi connectivity index (χ1v) is 46.5. The van der Waals surface area contributed by atoms with E-state index in [1.807, 2.05) is 59.3 Å². The highest BCUT2D eigenvalue weighted by Crippen LogP contribution is 2.42. The van der Waals surface area contributed by atoms with E-state index in [1.54, 1.807) is 189 Å². The number of carbonyl (C=O) groups is 11. The third kappa shape index (κ3) is 27.5. The highest BCUT2D eigenvalue weighted by molar-refractivity contribution is 9.10. The zero-order valence-corrected chi connectivity index (χ0v) is 76.8. The second-order valence-corrected chi connectivity index (χ2v) is 36.1. The van der Waals surface area contributed by atoms with Crippen LogP contribution in [0.1, 0.15) is 89.8 Å². The molecular weight excluding hydrogens is 1950 g/mol. The first-order valence-electron chi connectivity index (χ1n) is 37.2. The topological polar surface area (TPSA) is 394 Å². The average Bonchev–Trinajstić information content (AvgIpc) is 1.68. The number of hydrogen-bond acceptors (Lipinski definition) is 23. The monoisotopic (exact) mass is 2010 g/mol. The summed E-state index contributed by atoms with van der Waals surface area (Å²) in [5.41, 5.74) is 6.68. The minimum atomic E-state index is -1.15. The molecule has 0 bridgehead atoms. The van der Waals surface area contributed by atoms with E-state index in [0.717, 1.165) is 59.4 Å². The summed E-state index contributed by atoms with van der Waals surface area (Å²) >= 11 is 37.1. The number of rotatable bonds is 30. The fourth-order valence-electron chi connectivity index (χ4n) is 11.5. The zero-order valence-electron chi connectivity index (χ0n) is 65.6. The molecule has 15 aromatic rings. The van der Waals surface area contributed by atoms with E-state index < -0.39 is 47.6 Å². The van der Waals surface area contributed by atoms with E-state index in [-0.39, 0.29) is 67.8 Å². The van der Waals surface area contributed by atoms with Crippen LogP contribution in [0, 0.1) is 0 Å². The van der Waals surface area contributed by atoms with Gasteiger partial charge in [-0.3, -0.25) is 33.8 Å². The average molecular weight is 2010 g/mol. The quantitative estimate of drug-likeness (QED) is 0.0148. The van der Waals surface area contributed by atoms with Gasteiger partial charge in [0.1, 0.15) is 75.0 Å². The smallest absolute Gasteiger partial charge is 0.339 e. The van der Waals surface area contributed by atoms with Crippen LogP contribution in [0.25, 0.3) is 61.7 Å². The van der Waals surface area contributed by atoms with Crippen molar-refractivity contribution in [3.8, 4) is 67.1 Å². The molecule has 15 rings (SSSR count). The van der Waals surface area contributed by atoms with Gasteiger partial charge in [0.15, 0.2) is 19.5 Å².